The third kappa shape index (κ3) is 21.3. The third-order valence-electron chi connectivity index (χ3n) is 12.9. The molecular weight excluding hydrogens is 853 g/mol. The van der Waals surface area contributed by atoms with Crippen molar-refractivity contribution in [2.45, 2.75) is 144 Å². The van der Waals surface area contributed by atoms with Crippen molar-refractivity contribution in [3.8, 4) is 33.4 Å². The number of aryl methyl sites for hydroxylation is 3. The molecule has 4 unspecified atom stereocenters. The molecule has 0 radical (unpaired) electrons. The molecule has 8 aromatic rings. The Labute approximate surface area is 439 Å². The Hall–Kier alpha value is -6.24. The molecule has 0 N–H and O–H groups in total. The minimum absolute atomic E-state index is 0. The zero-order valence-electron chi connectivity index (χ0n) is 38.4. The molecule has 0 saturated heterocycles. The van der Waals surface area contributed by atoms with Crippen LogP contribution in [0.25, 0.3) is 33.4 Å². The SMILES string of the molecule is C.C.C.C.C.C.C.C.CC1CCCC1c1ccccc1.CC1CCCC1c1ccccc1.Cc1ccccc1-c1ccccc1.Cc1ccccc1-c1ccccc1.Cc1ccccc1-c1ccccc1. The Balaban J connectivity index is -0.000000792. The van der Waals surface area contributed by atoms with E-state index in [1.165, 1.54) is 88.6 Å². The average Bonchev–Trinajstić information content (AvgIpc) is 3.99. The van der Waals surface area contributed by atoms with Gasteiger partial charge in [0.2, 0.25) is 0 Å². The number of hydrogen-bond donors (Lipinski definition) is 0. The summed E-state index contributed by atoms with van der Waals surface area (Å²) in [6.45, 7) is 11.2. The molecule has 4 atom stereocenters. The van der Waals surface area contributed by atoms with Crippen LogP contribution in [0.5, 0.6) is 0 Å². The molecule has 0 aromatic heterocycles. The second-order valence-electron chi connectivity index (χ2n) is 17.4. The fraction of sp³-hybridized carbons (Fsp3) is 0.324. The average molecular weight is 954 g/mol. The lowest BCUT2D eigenvalue weighted by Crippen LogP contribution is -2.00. The molecule has 71 heavy (non-hydrogen) atoms. The second kappa shape index (κ2) is 37.6. The first-order valence-electron chi connectivity index (χ1n) is 23.3. The molecule has 2 aliphatic rings. The van der Waals surface area contributed by atoms with Crippen molar-refractivity contribution in [2.75, 3.05) is 0 Å². The standard InChI is InChI=1S/3C13H12.2C12H16.8CH4/c3*1-11-7-5-6-10-13(11)12-8-3-2-4-9-12;2*1-10-6-5-9-12(10)11-7-3-2-4-8-11;;;;;;;;/h3*2-10H,1H3;2*2-4,7-8,10,12H,5-6,9H2,1H3;8*1H4. The number of benzene rings is 8. The highest BCUT2D eigenvalue weighted by Crippen LogP contribution is 2.40. The summed E-state index contributed by atoms with van der Waals surface area (Å²) < 4.78 is 0. The Morgan fingerprint density at radius 2 is 0.465 bits per heavy atom. The summed E-state index contributed by atoms with van der Waals surface area (Å²) in [6, 6.07) is 78.6. The van der Waals surface area contributed by atoms with Crippen molar-refractivity contribution in [1.82, 2.24) is 0 Å². The molecule has 8 aromatic carbocycles. The normalized spacial score (nSPS) is 15.3. The maximum absolute atomic E-state index is 2.38. The van der Waals surface area contributed by atoms with Crippen LogP contribution < -0.4 is 0 Å². The van der Waals surface area contributed by atoms with Gasteiger partial charge < -0.3 is 0 Å². The van der Waals surface area contributed by atoms with Crippen molar-refractivity contribution < 1.29 is 0 Å². The van der Waals surface area contributed by atoms with E-state index in [2.05, 4.69) is 241 Å². The molecule has 0 heterocycles. The molecule has 0 amide bonds. The van der Waals surface area contributed by atoms with Gasteiger partial charge in [0, 0.05) is 0 Å². The van der Waals surface area contributed by atoms with Crippen molar-refractivity contribution in [3.05, 3.63) is 252 Å². The van der Waals surface area contributed by atoms with E-state index in [-0.39, 0.29) is 59.4 Å². The largest absolute Gasteiger partial charge is 0.0776 e. The van der Waals surface area contributed by atoms with Gasteiger partial charge in [-0.3, -0.25) is 0 Å². The van der Waals surface area contributed by atoms with Gasteiger partial charge in [-0.05, 0) is 118 Å². The maximum atomic E-state index is 2.38. The van der Waals surface area contributed by atoms with Gasteiger partial charge in [0.05, 0.1) is 0 Å². The smallest absolute Gasteiger partial charge is 0.0136 e. The highest BCUT2D eigenvalue weighted by molar-refractivity contribution is 5.68. The summed E-state index contributed by atoms with van der Waals surface area (Å²) in [5, 5.41) is 0. The molecule has 2 fully saturated rings. The summed E-state index contributed by atoms with van der Waals surface area (Å²) in [5.41, 5.74) is 14.9. The first-order chi connectivity index (χ1) is 30.9. The van der Waals surface area contributed by atoms with Gasteiger partial charge in [0.15, 0.2) is 0 Å². The second-order valence-corrected chi connectivity index (χ2v) is 17.4. The fourth-order valence-electron chi connectivity index (χ4n) is 9.23. The summed E-state index contributed by atoms with van der Waals surface area (Å²) in [5.74, 6) is 3.47. The Morgan fingerprint density at radius 1 is 0.254 bits per heavy atom. The molecular formula is C71H100. The molecule has 0 aliphatic heterocycles. The maximum Gasteiger partial charge on any atom is -0.0136 e. The van der Waals surface area contributed by atoms with Crippen LogP contribution >= 0.6 is 0 Å². The van der Waals surface area contributed by atoms with Gasteiger partial charge in [-0.25, -0.2) is 0 Å². The lowest BCUT2D eigenvalue weighted by molar-refractivity contribution is 0.533. The van der Waals surface area contributed by atoms with Crippen LogP contribution in [0.15, 0.2) is 224 Å². The van der Waals surface area contributed by atoms with E-state index in [0.717, 1.165) is 23.7 Å². The van der Waals surface area contributed by atoms with Crippen molar-refractivity contribution >= 4 is 0 Å². The van der Waals surface area contributed by atoms with Crippen LogP contribution in [0.2, 0.25) is 0 Å². The van der Waals surface area contributed by atoms with Gasteiger partial charge in [0.25, 0.3) is 0 Å². The molecule has 0 spiro atoms. The molecule has 2 aliphatic carbocycles. The van der Waals surface area contributed by atoms with Crippen LogP contribution in [0.1, 0.15) is 151 Å². The van der Waals surface area contributed by atoms with E-state index in [0.29, 0.717) is 0 Å². The van der Waals surface area contributed by atoms with E-state index in [4.69, 9.17) is 0 Å². The van der Waals surface area contributed by atoms with Gasteiger partial charge in [-0.1, -0.05) is 323 Å². The summed E-state index contributed by atoms with van der Waals surface area (Å²) >= 11 is 0. The number of hydrogen-bond acceptors (Lipinski definition) is 0. The fourth-order valence-corrected chi connectivity index (χ4v) is 9.23. The van der Waals surface area contributed by atoms with E-state index in [9.17, 15) is 0 Å². The molecule has 0 bridgehead atoms. The van der Waals surface area contributed by atoms with Crippen molar-refractivity contribution in [1.29, 1.82) is 0 Å². The molecule has 2 saturated carbocycles. The van der Waals surface area contributed by atoms with Gasteiger partial charge in [0.1, 0.15) is 0 Å². The molecule has 0 heteroatoms. The number of rotatable bonds is 5. The van der Waals surface area contributed by atoms with Crippen LogP contribution in [0, 0.1) is 32.6 Å². The van der Waals surface area contributed by atoms with E-state index < -0.39 is 0 Å². The van der Waals surface area contributed by atoms with Crippen LogP contribution in [-0.2, 0) is 0 Å². The third-order valence-corrected chi connectivity index (χ3v) is 12.9. The van der Waals surface area contributed by atoms with E-state index in [1.54, 1.807) is 11.1 Å². The summed E-state index contributed by atoms with van der Waals surface area (Å²) in [6.07, 6.45) is 8.46. The zero-order chi connectivity index (χ0) is 44.1. The molecule has 0 nitrogen and oxygen atoms in total. The Morgan fingerprint density at radius 3 is 0.676 bits per heavy atom. The van der Waals surface area contributed by atoms with Crippen LogP contribution in [0.4, 0.5) is 0 Å². The first-order valence-corrected chi connectivity index (χ1v) is 23.3. The molecule has 384 valence electrons. The minimum Gasteiger partial charge on any atom is -0.0776 e. The monoisotopic (exact) mass is 953 g/mol. The lowest BCUT2D eigenvalue weighted by Gasteiger charge is -2.14. The van der Waals surface area contributed by atoms with Gasteiger partial charge in [-0.2, -0.15) is 0 Å². The Bertz CT molecular complexity index is 2200. The van der Waals surface area contributed by atoms with Crippen LogP contribution in [-0.4, -0.2) is 0 Å². The zero-order valence-corrected chi connectivity index (χ0v) is 38.4. The summed E-state index contributed by atoms with van der Waals surface area (Å²) in [7, 11) is 0. The van der Waals surface area contributed by atoms with Gasteiger partial charge in [-0.15, -0.1) is 0 Å². The highest BCUT2D eigenvalue weighted by atomic mass is 14.3. The van der Waals surface area contributed by atoms with Crippen LogP contribution in [0.3, 0.4) is 0 Å². The highest BCUT2D eigenvalue weighted by Gasteiger charge is 2.25. The van der Waals surface area contributed by atoms with Crippen molar-refractivity contribution in [2.24, 2.45) is 11.8 Å². The quantitative estimate of drug-likeness (QED) is 0.161. The first kappa shape index (κ1) is 69.0. The summed E-state index contributed by atoms with van der Waals surface area (Å²) in [4.78, 5) is 0. The minimum atomic E-state index is 0. The predicted octanol–water partition coefficient (Wildman–Crippen LogP) is 23.3. The lowest BCUT2D eigenvalue weighted by atomic mass is 9.90. The van der Waals surface area contributed by atoms with Crippen molar-refractivity contribution in [3.63, 3.8) is 0 Å². The predicted molar refractivity (Wildman–Crippen MR) is 328 cm³/mol. The van der Waals surface area contributed by atoms with E-state index >= 15 is 0 Å². The topological polar surface area (TPSA) is 0 Å². The van der Waals surface area contributed by atoms with Gasteiger partial charge >= 0.3 is 0 Å². The Kier molecular flexibility index (Phi) is 36.5. The van der Waals surface area contributed by atoms with E-state index in [1.807, 2.05) is 18.2 Å². The molecule has 10 rings (SSSR count).